The normalized spacial score (nSPS) is 41.9. The van der Waals surface area contributed by atoms with Crippen LogP contribution < -0.4 is 10.2 Å². The Morgan fingerprint density at radius 1 is 1.33 bits per heavy atom. The van der Waals surface area contributed by atoms with E-state index >= 15 is 0 Å². The Balaban J connectivity index is 2.09. The van der Waals surface area contributed by atoms with Crippen LogP contribution in [0.3, 0.4) is 0 Å². The predicted molar refractivity (Wildman–Crippen MR) is 106 cm³/mol. The summed E-state index contributed by atoms with van der Waals surface area (Å²) < 4.78 is 5.80. The van der Waals surface area contributed by atoms with Crippen molar-refractivity contribution in [3.05, 3.63) is 0 Å². The maximum absolute atomic E-state index is 12.9. The minimum atomic E-state index is -1.36. The molecule has 0 saturated carbocycles. The third-order valence-corrected chi connectivity index (χ3v) is 6.91. The number of amides is 1. The molecule has 7 nitrogen and oxygen atoms in total. The van der Waals surface area contributed by atoms with Crippen molar-refractivity contribution in [2.45, 2.75) is 80.4 Å². The highest BCUT2D eigenvalue weighted by Crippen LogP contribution is 2.30. The first-order valence-electron chi connectivity index (χ1n) is 9.70. The SMILES string of the molecule is CCC[C@@H]1C[C@@H](C(=O)N[C@@H]([C@H]2O[C@H](SC)[C@H](O)[C@@H](O)[C@H]2O)[C@@H](C)Cl)[NH+](C)C1. The van der Waals surface area contributed by atoms with E-state index in [9.17, 15) is 20.1 Å². The molecule has 1 amide bonds. The standard InChI is InChI=1S/C18H33ClN2O5S/c1-5-6-10-7-11(21(3)8-10)17(25)20-12(9(2)19)16-14(23)13(22)15(24)18(26-16)27-4/h9-16,18,22-24H,5-8H2,1-4H3,(H,20,25)/p+1/t9-,10-,11+,12-,13+,14-,15-,16-,18-/m1/s1. The van der Waals surface area contributed by atoms with Crippen LogP contribution in [0.1, 0.15) is 33.1 Å². The minimum Gasteiger partial charge on any atom is -0.388 e. The number of aliphatic hydroxyl groups is 3. The van der Waals surface area contributed by atoms with Crippen molar-refractivity contribution in [2.75, 3.05) is 19.8 Å². The van der Waals surface area contributed by atoms with E-state index in [2.05, 4.69) is 12.2 Å². The number of carbonyl (C=O) groups is 1. The molecule has 27 heavy (non-hydrogen) atoms. The summed E-state index contributed by atoms with van der Waals surface area (Å²) in [5, 5.41) is 33.1. The Labute approximate surface area is 170 Å². The molecule has 0 aromatic carbocycles. The third kappa shape index (κ3) is 5.29. The molecule has 1 unspecified atom stereocenters. The second-order valence-electron chi connectivity index (χ2n) is 7.88. The first kappa shape index (κ1) is 23.2. The largest absolute Gasteiger partial charge is 0.388 e. The molecule has 0 spiro atoms. The highest BCUT2D eigenvalue weighted by atomic mass is 35.5. The number of quaternary nitrogens is 1. The van der Waals surface area contributed by atoms with Crippen LogP contribution in [0.5, 0.6) is 0 Å². The van der Waals surface area contributed by atoms with E-state index in [-0.39, 0.29) is 11.9 Å². The molecule has 2 aliphatic heterocycles. The number of aliphatic hydroxyl groups excluding tert-OH is 3. The zero-order valence-electron chi connectivity index (χ0n) is 16.5. The van der Waals surface area contributed by atoms with E-state index in [0.717, 1.165) is 25.8 Å². The van der Waals surface area contributed by atoms with Crippen LogP contribution in [-0.2, 0) is 9.53 Å². The minimum absolute atomic E-state index is 0.110. The van der Waals surface area contributed by atoms with Crippen molar-refractivity contribution in [3.63, 3.8) is 0 Å². The van der Waals surface area contributed by atoms with Gasteiger partial charge in [0.15, 0.2) is 6.04 Å². The van der Waals surface area contributed by atoms with Gasteiger partial charge in [-0.2, -0.15) is 0 Å². The average molecular weight is 426 g/mol. The summed E-state index contributed by atoms with van der Waals surface area (Å²) >= 11 is 7.56. The molecule has 2 saturated heterocycles. The molecule has 0 radical (unpaired) electrons. The maximum Gasteiger partial charge on any atom is 0.278 e. The van der Waals surface area contributed by atoms with Gasteiger partial charge in [-0.15, -0.1) is 23.4 Å². The Kier molecular flexibility index (Phi) is 8.67. The van der Waals surface area contributed by atoms with Crippen LogP contribution in [0.4, 0.5) is 0 Å². The molecular formula is C18H34ClN2O5S+. The number of carbonyl (C=O) groups excluding carboxylic acids is 1. The fourth-order valence-corrected chi connectivity index (χ4v) is 5.15. The number of nitrogens with one attached hydrogen (secondary N) is 2. The molecule has 0 bridgehead atoms. The van der Waals surface area contributed by atoms with Crippen molar-refractivity contribution in [3.8, 4) is 0 Å². The van der Waals surface area contributed by atoms with Crippen LogP contribution in [0.25, 0.3) is 0 Å². The van der Waals surface area contributed by atoms with Crippen LogP contribution in [0.2, 0.25) is 0 Å². The maximum atomic E-state index is 12.9. The van der Waals surface area contributed by atoms with Crippen LogP contribution in [0.15, 0.2) is 0 Å². The summed E-state index contributed by atoms with van der Waals surface area (Å²) in [5.41, 5.74) is -0.697. The second-order valence-corrected chi connectivity index (χ2v) is 9.51. The molecule has 9 heteroatoms. The van der Waals surface area contributed by atoms with Gasteiger partial charge in [-0.25, -0.2) is 0 Å². The van der Waals surface area contributed by atoms with Crippen molar-refractivity contribution >= 4 is 29.3 Å². The van der Waals surface area contributed by atoms with Gasteiger partial charge in [0.25, 0.3) is 5.91 Å². The lowest BCUT2D eigenvalue weighted by Gasteiger charge is -2.44. The summed E-state index contributed by atoms with van der Waals surface area (Å²) in [6, 6.07) is -0.837. The average Bonchev–Trinajstić information content (AvgIpc) is 2.99. The first-order valence-corrected chi connectivity index (χ1v) is 11.4. The van der Waals surface area contributed by atoms with Crippen LogP contribution >= 0.6 is 23.4 Å². The topological polar surface area (TPSA) is 103 Å². The Bertz CT molecular complexity index is 498. The Morgan fingerprint density at radius 3 is 2.56 bits per heavy atom. The molecule has 2 fully saturated rings. The Hall–Kier alpha value is -0.0900. The molecule has 10 atom stereocenters. The summed E-state index contributed by atoms with van der Waals surface area (Å²) in [7, 11) is 2.02. The smallest absolute Gasteiger partial charge is 0.278 e. The number of likely N-dealkylation sites (N-methyl/N-ethyl adjacent to an activating group) is 1. The van der Waals surface area contributed by atoms with Gasteiger partial charge in [-0.3, -0.25) is 4.79 Å². The molecule has 0 aliphatic carbocycles. The number of thioether (sulfide) groups is 1. The van der Waals surface area contributed by atoms with Crippen LogP contribution in [0, 0.1) is 5.92 Å². The van der Waals surface area contributed by atoms with Gasteiger partial charge in [0.1, 0.15) is 29.9 Å². The van der Waals surface area contributed by atoms with Crippen molar-refractivity contribution < 1.29 is 29.8 Å². The first-order chi connectivity index (χ1) is 12.7. The molecule has 5 N–H and O–H groups in total. The number of hydrogen-bond acceptors (Lipinski definition) is 6. The van der Waals surface area contributed by atoms with E-state index < -0.39 is 41.3 Å². The molecule has 158 valence electrons. The Morgan fingerprint density at radius 2 is 2.00 bits per heavy atom. The number of hydrogen-bond donors (Lipinski definition) is 5. The zero-order valence-corrected chi connectivity index (χ0v) is 18.0. The number of alkyl halides is 1. The van der Waals surface area contributed by atoms with E-state index in [1.54, 1.807) is 13.2 Å². The number of ether oxygens (including phenoxy) is 1. The second kappa shape index (κ2) is 10.1. The predicted octanol–water partition coefficient (Wildman–Crippen LogP) is -1.03. The molecule has 0 aromatic heterocycles. The highest BCUT2D eigenvalue weighted by Gasteiger charge is 2.49. The summed E-state index contributed by atoms with van der Waals surface area (Å²) in [4.78, 5) is 14.1. The molecule has 2 heterocycles. The van der Waals surface area contributed by atoms with Crippen molar-refractivity contribution in [1.29, 1.82) is 0 Å². The van der Waals surface area contributed by atoms with Gasteiger partial charge in [0, 0.05) is 12.3 Å². The van der Waals surface area contributed by atoms with E-state index in [4.69, 9.17) is 16.3 Å². The molecule has 0 aromatic rings. The zero-order chi connectivity index (χ0) is 20.3. The number of rotatable bonds is 7. The van der Waals surface area contributed by atoms with Gasteiger partial charge in [0.2, 0.25) is 0 Å². The number of likely N-dealkylation sites (tertiary alicyclic amines) is 1. The van der Waals surface area contributed by atoms with Gasteiger partial charge in [0.05, 0.1) is 25.0 Å². The third-order valence-electron chi connectivity index (χ3n) is 5.78. The van der Waals surface area contributed by atoms with Gasteiger partial charge < -0.3 is 30.3 Å². The fraction of sp³-hybridized carbons (Fsp3) is 0.944. The summed E-state index contributed by atoms with van der Waals surface area (Å²) in [5.74, 6) is 0.424. The summed E-state index contributed by atoms with van der Waals surface area (Å²) in [6.07, 6.45) is 0.00196. The van der Waals surface area contributed by atoms with E-state index in [1.165, 1.54) is 16.7 Å². The van der Waals surface area contributed by atoms with Gasteiger partial charge in [-0.1, -0.05) is 13.3 Å². The molecular weight excluding hydrogens is 392 g/mol. The number of halogens is 1. The fourth-order valence-electron chi connectivity index (χ4n) is 4.26. The van der Waals surface area contributed by atoms with Gasteiger partial charge in [-0.05, 0) is 19.6 Å². The molecule has 2 aliphatic rings. The van der Waals surface area contributed by atoms with E-state index in [1.807, 2.05) is 7.05 Å². The summed E-state index contributed by atoms with van der Waals surface area (Å²) in [6.45, 7) is 4.84. The van der Waals surface area contributed by atoms with Crippen LogP contribution in [-0.4, -0.2) is 88.4 Å². The monoisotopic (exact) mass is 425 g/mol. The van der Waals surface area contributed by atoms with E-state index in [0.29, 0.717) is 5.92 Å². The van der Waals surface area contributed by atoms with Crippen molar-refractivity contribution in [1.82, 2.24) is 5.32 Å². The lowest BCUT2D eigenvalue weighted by molar-refractivity contribution is -0.884. The lowest BCUT2D eigenvalue weighted by atomic mass is 9.92. The highest BCUT2D eigenvalue weighted by molar-refractivity contribution is 7.99. The quantitative estimate of drug-likeness (QED) is 0.334. The van der Waals surface area contributed by atoms with Crippen molar-refractivity contribution in [2.24, 2.45) is 5.92 Å². The molecule has 2 rings (SSSR count). The lowest BCUT2D eigenvalue weighted by Crippen LogP contribution is -3.12. The van der Waals surface area contributed by atoms with Gasteiger partial charge >= 0.3 is 0 Å².